The molecule has 1 amide bonds. The molecule has 1 N–H and O–H groups in total. The van der Waals surface area contributed by atoms with Crippen LogP contribution in [-0.4, -0.2) is 52.7 Å². The number of hydrogen-bond acceptors (Lipinski definition) is 6. The third-order valence-electron chi connectivity index (χ3n) is 2.66. The molecule has 2 atom stereocenters. The molecule has 17 heavy (non-hydrogen) atoms. The number of thiazole rings is 1. The number of aliphatic hydroxyl groups is 1. The van der Waals surface area contributed by atoms with Crippen molar-refractivity contribution in [2.45, 2.75) is 18.6 Å². The van der Waals surface area contributed by atoms with Crippen LogP contribution in [0.4, 0.5) is 0 Å². The van der Waals surface area contributed by atoms with Gasteiger partial charge in [-0.05, 0) is 0 Å². The maximum Gasteiger partial charge on any atom is 0.328 e. The summed E-state index contributed by atoms with van der Waals surface area (Å²) in [6.07, 6.45) is -0.482. The zero-order valence-electron chi connectivity index (χ0n) is 9.20. The summed E-state index contributed by atoms with van der Waals surface area (Å²) in [5, 5.41) is 11.2. The Balaban J connectivity index is 2.18. The monoisotopic (exact) mass is 256 g/mol. The molecule has 7 heteroatoms. The minimum atomic E-state index is -0.718. The summed E-state index contributed by atoms with van der Waals surface area (Å²) in [4.78, 5) is 28.7. The van der Waals surface area contributed by atoms with Gasteiger partial charge >= 0.3 is 5.97 Å². The van der Waals surface area contributed by atoms with E-state index in [1.54, 1.807) is 10.9 Å². The number of carbonyl (C=O) groups excluding carboxylic acids is 2. The van der Waals surface area contributed by atoms with Crippen LogP contribution in [0.25, 0.3) is 0 Å². The van der Waals surface area contributed by atoms with E-state index in [0.717, 1.165) is 0 Å². The predicted molar refractivity (Wildman–Crippen MR) is 59.6 cm³/mol. The van der Waals surface area contributed by atoms with Crippen molar-refractivity contribution in [2.24, 2.45) is 0 Å². The van der Waals surface area contributed by atoms with Crippen molar-refractivity contribution < 1.29 is 19.4 Å². The molecule has 1 aromatic heterocycles. The van der Waals surface area contributed by atoms with Gasteiger partial charge in [0.25, 0.3) is 5.91 Å². The fourth-order valence-corrected chi connectivity index (χ4v) is 2.39. The molecular weight excluding hydrogens is 244 g/mol. The number of nitrogens with zero attached hydrogens (tertiary/aromatic N) is 2. The van der Waals surface area contributed by atoms with E-state index < -0.39 is 18.1 Å². The van der Waals surface area contributed by atoms with E-state index in [1.165, 1.54) is 23.3 Å². The molecule has 0 saturated carbocycles. The van der Waals surface area contributed by atoms with Crippen LogP contribution in [-0.2, 0) is 9.53 Å². The SMILES string of the molecule is COC(=O)C1CC(O)CN1C(=O)c1cscn1. The van der Waals surface area contributed by atoms with Crippen LogP contribution in [0.5, 0.6) is 0 Å². The van der Waals surface area contributed by atoms with E-state index in [1.807, 2.05) is 0 Å². The number of ether oxygens (including phenoxy) is 1. The molecule has 1 aliphatic rings. The van der Waals surface area contributed by atoms with Gasteiger partial charge in [-0.2, -0.15) is 0 Å². The number of carbonyl (C=O) groups is 2. The Morgan fingerprint density at radius 3 is 3.00 bits per heavy atom. The standard InChI is InChI=1S/C10H12N2O4S/c1-16-10(15)8-2-6(13)3-12(8)9(14)7-4-17-5-11-7/h4-6,8,13H,2-3H2,1H3. The van der Waals surface area contributed by atoms with E-state index in [4.69, 9.17) is 0 Å². The zero-order valence-corrected chi connectivity index (χ0v) is 10.0. The Labute approximate surface area is 102 Å². The molecule has 1 fully saturated rings. The van der Waals surface area contributed by atoms with Crippen LogP contribution < -0.4 is 0 Å². The third-order valence-corrected chi connectivity index (χ3v) is 3.25. The molecule has 0 radical (unpaired) electrons. The number of β-amino-alcohol motifs (C(OH)–C–C–N with tert-alkyl or cyclic N) is 1. The molecule has 2 rings (SSSR count). The van der Waals surface area contributed by atoms with Crippen LogP contribution in [0.15, 0.2) is 10.9 Å². The Morgan fingerprint density at radius 1 is 1.65 bits per heavy atom. The number of amides is 1. The van der Waals surface area contributed by atoms with E-state index in [9.17, 15) is 14.7 Å². The molecule has 1 aromatic rings. The number of aliphatic hydroxyl groups excluding tert-OH is 1. The third kappa shape index (κ3) is 2.29. The van der Waals surface area contributed by atoms with Crippen molar-refractivity contribution >= 4 is 23.2 Å². The van der Waals surface area contributed by atoms with Crippen molar-refractivity contribution in [2.75, 3.05) is 13.7 Å². The molecule has 1 aliphatic heterocycles. The second-order valence-corrected chi connectivity index (χ2v) is 4.48. The largest absolute Gasteiger partial charge is 0.467 e. The minimum absolute atomic E-state index is 0.135. The fraction of sp³-hybridized carbons (Fsp3) is 0.500. The van der Waals surface area contributed by atoms with E-state index in [-0.39, 0.29) is 24.6 Å². The van der Waals surface area contributed by atoms with Gasteiger partial charge in [0.15, 0.2) is 0 Å². The van der Waals surface area contributed by atoms with Gasteiger partial charge in [-0.25, -0.2) is 9.78 Å². The Kier molecular flexibility index (Phi) is 3.39. The zero-order chi connectivity index (χ0) is 12.4. The first kappa shape index (κ1) is 12.0. The van der Waals surface area contributed by atoms with Gasteiger partial charge in [-0.3, -0.25) is 4.79 Å². The van der Waals surface area contributed by atoms with Gasteiger partial charge in [0, 0.05) is 18.3 Å². The quantitative estimate of drug-likeness (QED) is 0.747. The van der Waals surface area contributed by atoms with Gasteiger partial charge in [-0.1, -0.05) is 0 Å². The van der Waals surface area contributed by atoms with E-state index in [2.05, 4.69) is 9.72 Å². The number of methoxy groups -OCH3 is 1. The van der Waals surface area contributed by atoms with Crippen LogP contribution in [0.2, 0.25) is 0 Å². The predicted octanol–water partition coefficient (Wildman–Crippen LogP) is -0.109. The topological polar surface area (TPSA) is 79.7 Å². The minimum Gasteiger partial charge on any atom is -0.467 e. The molecule has 6 nitrogen and oxygen atoms in total. The highest BCUT2D eigenvalue weighted by atomic mass is 32.1. The second-order valence-electron chi connectivity index (χ2n) is 3.76. The first-order chi connectivity index (χ1) is 8.13. The smallest absolute Gasteiger partial charge is 0.328 e. The lowest BCUT2D eigenvalue weighted by atomic mass is 10.2. The van der Waals surface area contributed by atoms with Crippen molar-refractivity contribution in [3.63, 3.8) is 0 Å². The van der Waals surface area contributed by atoms with Gasteiger partial charge in [0.05, 0.1) is 18.7 Å². The first-order valence-electron chi connectivity index (χ1n) is 5.08. The molecule has 2 unspecified atom stereocenters. The molecular formula is C10H12N2O4S. The number of esters is 1. The molecule has 0 spiro atoms. The summed E-state index contributed by atoms with van der Waals surface area (Å²) in [7, 11) is 1.26. The molecule has 2 heterocycles. The Hall–Kier alpha value is -1.47. The van der Waals surface area contributed by atoms with Crippen molar-refractivity contribution in [3.8, 4) is 0 Å². The van der Waals surface area contributed by atoms with Crippen molar-refractivity contribution in [1.82, 2.24) is 9.88 Å². The van der Waals surface area contributed by atoms with Gasteiger partial charge in [0.1, 0.15) is 11.7 Å². The molecule has 0 aromatic carbocycles. The highest BCUT2D eigenvalue weighted by molar-refractivity contribution is 7.07. The van der Waals surface area contributed by atoms with E-state index >= 15 is 0 Å². The van der Waals surface area contributed by atoms with E-state index in [0.29, 0.717) is 0 Å². The number of hydrogen-bond donors (Lipinski definition) is 1. The maximum atomic E-state index is 12.0. The van der Waals surface area contributed by atoms with Crippen molar-refractivity contribution in [1.29, 1.82) is 0 Å². The van der Waals surface area contributed by atoms with Gasteiger partial charge in [0.2, 0.25) is 0 Å². The normalized spacial score (nSPS) is 23.8. The molecule has 0 aliphatic carbocycles. The maximum absolute atomic E-state index is 12.0. The highest BCUT2D eigenvalue weighted by Gasteiger charge is 2.40. The number of likely N-dealkylation sites (tertiary alicyclic amines) is 1. The Bertz CT molecular complexity index is 420. The second kappa shape index (κ2) is 4.80. The van der Waals surface area contributed by atoms with Gasteiger partial charge < -0.3 is 14.7 Å². The molecule has 0 bridgehead atoms. The van der Waals surface area contributed by atoms with Crippen molar-refractivity contribution in [3.05, 3.63) is 16.6 Å². The lowest BCUT2D eigenvalue weighted by Crippen LogP contribution is -2.41. The van der Waals surface area contributed by atoms with Gasteiger partial charge in [-0.15, -0.1) is 11.3 Å². The van der Waals surface area contributed by atoms with Crippen LogP contribution in [0.1, 0.15) is 16.9 Å². The highest BCUT2D eigenvalue weighted by Crippen LogP contribution is 2.21. The summed E-state index contributed by atoms with van der Waals surface area (Å²) < 4.78 is 4.62. The van der Waals surface area contributed by atoms with Crippen LogP contribution >= 0.6 is 11.3 Å². The summed E-state index contributed by atoms with van der Waals surface area (Å²) in [6, 6.07) is -0.718. The van der Waals surface area contributed by atoms with Crippen LogP contribution in [0.3, 0.4) is 0 Å². The lowest BCUT2D eigenvalue weighted by Gasteiger charge is -2.21. The lowest BCUT2D eigenvalue weighted by molar-refractivity contribution is -0.145. The summed E-state index contributed by atoms with van der Waals surface area (Å²) in [5.41, 5.74) is 1.84. The Morgan fingerprint density at radius 2 is 2.41 bits per heavy atom. The average molecular weight is 256 g/mol. The van der Waals surface area contributed by atoms with Crippen LogP contribution in [0, 0.1) is 0 Å². The fourth-order valence-electron chi connectivity index (χ4n) is 1.86. The summed E-state index contributed by atoms with van der Waals surface area (Å²) in [6.45, 7) is 0.135. The summed E-state index contributed by atoms with van der Waals surface area (Å²) >= 11 is 1.31. The molecule has 1 saturated heterocycles. The average Bonchev–Trinajstić information content (AvgIpc) is 2.95. The first-order valence-corrected chi connectivity index (χ1v) is 6.02. The number of aromatic nitrogens is 1. The molecule has 92 valence electrons. The number of rotatable bonds is 2. The summed E-state index contributed by atoms with van der Waals surface area (Å²) in [5.74, 6) is -0.858.